The molecule has 1 unspecified atom stereocenters. The van der Waals surface area contributed by atoms with Gasteiger partial charge < -0.3 is 9.47 Å². The fourth-order valence-electron chi connectivity index (χ4n) is 1.83. The zero-order valence-electron chi connectivity index (χ0n) is 11.7. The van der Waals surface area contributed by atoms with Crippen LogP contribution in [0.25, 0.3) is 0 Å². The van der Waals surface area contributed by atoms with E-state index in [1.807, 2.05) is 4.68 Å². The molecule has 19 heavy (non-hydrogen) atoms. The molecular formula is C12H23BrN4O2. The molecule has 1 rings (SSSR count). The molecule has 7 heteroatoms. The van der Waals surface area contributed by atoms with Crippen LogP contribution in [-0.2, 0) is 9.47 Å². The van der Waals surface area contributed by atoms with Crippen LogP contribution in [0.3, 0.4) is 0 Å². The third-order valence-electron chi connectivity index (χ3n) is 2.79. The van der Waals surface area contributed by atoms with Crippen LogP contribution in [0.4, 0.5) is 0 Å². The van der Waals surface area contributed by atoms with Crippen molar-refractivity contribution in [3.05, 3.63) is 16.4 Å². The molecule has 0 aliphatic heterocycles. The van der Waals surface area contributed by atoms with Crippen LogP contribution in [0.1, 0.15) is 38.0 Å². The second-order valence-electron chi connectivity index (χ2n) is 4.53. The zero-order chi connectivity index (χ0) is 14.3. The van der Waals surface area contributed by atoms with Crippen molar-refractivity contribution < 1.29 is 9.47 Å². The van der Waals surface area contributed by atoms with E-state index < -0.39 is 0 Å². The topological polar surface area (TPSA) is 74.3 Å². The maximum absolute atomic E-state index is 5.65. The first-order chi connectivity index (χ1) is 9.11. The van der Waals surface area contributed by atoms with Gasteiger partial charge in [-0.25, -0.2) is 0 Å². The Kier molecular flexibility index (Phi) is 7.55. The molecular weight excluding hydrogens is 312 g/mol. The molecule has 1 atom stereocenters. The lowest BCUT2D eigenvalue weighted by Gasteiger charge is -2.20. The fraction of sp³-hybridized carbons (Fsp3) is 0.750. The second kappa shape index (κ2) is 8.65. The van der Waals surface area contributed by atoms with Gasteiger partial charge in [-0.1, -0.05) is 0 Å². The number of hydrogen-bond donors (Lipinski definition) is 2. The Morgan fingerprint density at radius 3 is 2.74 bits per heavy atom. The smallest absolute Gasteiger partial charge is 0.0713 e. The monoisotopic (exact) mass is 334 g/mol. The van der Waals surface area contributed by atoms with E-state index in [4.69, 9.17) is 15.3 Å². The molecule has 0 fully saturated rings. The Morgan fingerprint density at radius 2 is 2.16 bits per heavy atom. The largest absolute Gasteiger partial charge is 0.382 e. The summed E-state index contributed by atoms with van der Waals surface area (Å²) in [7, 11) is 1.66. The highest BCUT2D eigenvalue weighted by Gasteiger charge is 2.20. The summed E-state index contributed by atoms with van der Waals surface area (Å²) in [4.78, 5) is 0. The first kappa shape index (κ1) is 16.6. The number of nitrogens with one attached hydrogen (secondary N) is 1. The summed E-state index contributed by atoms with van der Waals surface area (Å²) >= 11 is 3.52. The third-order valence-corrected chi connectivity index (χ3v) is 3.40. The number of nitrogens with two attached hydrogens (primary N) is 1. The summed E-state index contributed by atoms with van der Waals surface area (Å²) in [5, 5.41) is 4.36. The Bertz CT molecular complexity index is 371. The standard InChI is InChI=1S/C12H23BrN4O2/c1-9(2)17-12(10(13)8-15-17)11(16-14)4-5-19-7-6-18-3/h8-9,11,16H,4-7,14H2,1-3H3. The fourth-order valence-corrected chi connectivity index (χ4v) is 2.38. The Hall–Kier alpha value is -0.470. The average molecular weight is 335 g/mol. The minimum Gasteiger partial charge on any atom is -0.382 e. The van der Waals surface area contributed by atoms with Crippen molar-refractivity contribution in [1.29, 1.82) is 0 Å². The molecule has 0 saturated heterocycles. The molecule has 1 aromatic rings. The molecule has 6 nitrogen and oxygen atoms in total. The van der Waals surface area contributed by atoms with Gasteiger partial charge in [-0.3, -0.25) is 16.0 Å². The lowest BCUT2D eigenvalue weighted by molar-refractivity contribution is 0.0653. The minimum absolute atomic E-state index is 0.00169. The molecule has 3 N–H and O–H groups in total. The van der Waals surface area contributed by atoms with Crippen LogP contribution in [0, 0.1) is 0 Å². The van der Waals surface area contributed by atoms with Crippen molar-refractivity contribution in [3.63, 3.8) is 0 Å². The van der Waals surface area contributed by atoms with Gasteiger partial charge >= 0.3 is 0 Å². The molecule has 0 aromatic carbocycles. The van der Waals surface area contributed by atoms with Crippen molar-refractivity contribution in [2.75, 3.05) is 26.9 Å². The Morgan fingerprint density at radius 1 is 1.42 bits per heavy atom. The Balaban J connectivity index is 2.61. The summed E-state index contributed by atoms with van der Waals surface area (Å²) in [6.45, 7) is 6.00. The van der Waals surface area contributed by atoms with E-state index in [9.17, 15) is 0 Å². The summed E-state index contributed by atoms with van der Waals surface area (Å²) < 4.78 is 13.3. The summed E-state index contributed by atoms with van der Waals surface area (Å²) in [5.41, 5.74) is 3.88. The Labute approximate surface area is 122 Å². The van der Waals surface area contributed by atoms with Crippen LogP contribution in [0.5, 0.6) is 0 Å². The number of hydrazine groups is 1. The van der Waals surface area contributed by atoms with Gasteiger partial charge in [0.2, 0.25) is 0 Å². The van der Waals surface area contributed by atoms with Gasteiger partial charge in [-0.15, -0.1) is 0 Å². The molecule has 0 bridgehead atoms. The predicted octanol–water partition coefficient (Wildman–Crippen LogP) is 1.78. The highest BCUT2D eigenvalue weighted by molar-refractivity contribution is 9.10. The van der Waals surface area contributed by atoms with Crippen LogP contribution in [0.2, 0.25) is 0 Å². The molecule has 0 amide bonds. The number of nitrogens with zero attached hydrogens (tertiary/aromatic N) is 2. The van der Waals surface area contributed by atoms with Crippen LogP contribution in [-0.4, -0.2) is 36.7 Å². The van der Waals surface area contributed by atoms with Crippen molar-refractivity contribution in [3.8, 4) is 0 Å². The SMILES string of the molecule is COCCOCCC(NN)c1c(Br)cnn1C(C)C. The molecule has 0 aliphatic carbocycles. The van der Waals surface area contributed by atoms with Gasteiger partial charge in [0.25, 0.3) is 0 Å². The molecule has 0 aliphatic rings. The molecule has 0 spiro atoms. The van der Waals surface area contributed by atoms with E-state index in [-0.39, 0.29) is 12.1 Å². The van der Waals surface area contributed by atoms with E-state index in [1.54, 1.807) is 13.3 Å². The van der Waals surface area contributed by atoms with Gasteiger partial charge in [0, 0.05) is 19.8 Å². The summed E-state index contributed by atoms with van der Waals surface area (Å²) in [6, 6.07) is 0.286. The quantitative estimate of drug-likeness (QED) is 0.409. The average Bonchev–Trinajstić information content (AvgIpc) is 2.76. The van der Waals surface area contributed by atoms with Crippen molar-refractivity contribution >= 4 is 15.9 Å². The second-order valence-corrected chi connectivity index (χ2v) is 5.38. The zero-order valence-corrected chi connectivity index (χ0v) is 13.3. The lowest BCUT2D eigenvalue weighted by atomic mass is 10.1. The van der Waals surface area contributed by atoms with Crippen LogP contribution in [0.15, 0.2) is 10.7 Å². The number of methoxy groups -OCH3 is 1. The van der Waals surface area contributed by atoms with E-state index in [2.05, 4.69) is 40.3 Å². The van der Waals surface area contributed by atoms with E-state index in [0.29, 0.717) is 19.8 Å². The minimum atomic E-state index is 0.00169. The normalized spacial score (nSPS) is 13.2. The van der Waals surface area contributed by atoms with Gasteiger partial charge in [0.05, 0.1) is 35.6 Å². The van der Waals surface area contributed by atoms with Gasteiger partial charge in [0.1, 0.15) is 0 Å². The first-order valence-electron chi connectivity index (χ1n) is 6.37. The number of hydrogen-bond acceptors (Lipinski definition) is 5. The van der Waals surface area contributed by atoms with E-state index >= 15 is 0 Å². The maximum Gasteiger partial charge on any atom is 0.0713 e. The molecule has 110 valence electrons. The van der Waals surface area contributed by atoms with Crippen LogP contribution < -0.4 is 11.3 Å². The highest BCUT2D eigenvalue weighted by atomic mass is 79.9. The molecule has 1 aromatic heterocycles. The van der Waals surface area contributed by atoms with Crippen molar-refractivity contribution in [2.45, 2.75) is 32.4 Å². The third kappa shape index (κ3) is 4.85. The summed E-state index contributed by atoms with van der Waals surface area (Å²) in [5.74, 6) is 5.65. The number of halogens is 1. The highest BCUT2D eigenvalue weighted by Crippen LogP contribution is 2.27. The van der Waals surface area contributed by atoms with E-state index in [1.165, 1.54) is 0 Å². The van der Waals surface area contributed by atoms with Gasteiger partial charge in [-0.05, 0) is 36.2 Å². The van der Waals surface area contributed by atoms with Gasteiger partial charge in [0.15, 0.2) is 0 Å². The first-order valence-corrected chi connectivity index (χ1v) is 7.16. The van der Waals surface area contributed by atoms with Gasteiger partial charge in [-0.2, -0.15) is 5.10 Å². The van der Waals surface area contributed by atoms with Crippen molar-refractivity contribution in [1.82, 2.24) is 15.2 Å². The molecule has 0 radical (unpaired) electrons. The van der Waals surface area contributed by atoms with Crippen molar-refractivity contribution in [2.24, 2.45) is 5.84 Å². The van der Waals surface area contributed by atoms with Crippen LogP contribution >= 0.6 is 15.9 Å². The number of aromatic nitrogens is 2. The lowest BCUT2D eigenvalue weighted by Crippen LogP contribution is -2.31. The summed E-state index contributed by atoms with van der Waals surface area (Å²) in [6.07, 6.45) is 2.57. The number of ether oxygens (including phenoxy) is 2. The molecule has 0 saturated carbocycles. The molecule has 1 heterocycles. The predicted molar refractivity (Wildman–Crippen MR) is 77.7 cm³/mol. The number of rotatable bonds is 9. The maximum atomic E-state index is 5.65. The van der Waals surface area contributed by atoms with E-state index in [0.717, 1.165) is 16.6 Å².